The fourth-order valence-corrected chi connectivity index (χ4v) is 4.01. The minimum atomic E-state index is 0.102. The molecule has 0 aliphatic carbocycles. The van der Waals surface area contributed by atoms with Crippen LogP contribution in [-0.2, 0) is 11.3 Å². The standard InChI is InChI=1S/C22H26Cl2N2O/c1-16(17-5-3-2-4-6-17)14-25-22(27)18-9-11-26(12-10-18)15-19-7-8-20(23)13-21(19)24/h2-8,13,16,18H,9-12,14-15H2,1H3,(H,25,27). The molecule has 27 heavy (non-hydrogen) atoms. The van der Waals surface area contributed by atoms with Crippen LogP contribution in [0.4, 0.5) is 0 Å². The second-order valence-electron chi connectivity index (χ2n) is 7.34. The Hall–Kier alpha value is -1.55. The monoisotopic (exact) mass is 404 g/mol. The lowest BCUT2D eigenvalue weighted by molar-refractivity contribution is -0.126. The molecule has 0 bridgehead atoms. The summed E-state index contributed by atoms with van der Waals surface area (Å²) >= 11 is 12.2. The molecule has 0 saturated carbocycles. The van der Waals surface area contributed by atoms with Gasteiger partial charge in [-0.1, -0.05) is 66.5 Å². The van der Waals surface area contributed by atoms with E-state index in [2.05, 4.69) is 29.3 Å². The molecule has 0 spiro atoms. The van der Waals surface area contributed by atoms with Crippen molar-refractivity contribution in [2.24, 2.45) is 5.92 Å². The number of carbonyl (C=O) groups is 1. The van der Waals surface area contributed by atoms with E-state index in [1.807, 2.05) is 30.3 Å². The fraction of sp³-hybridized carbons (Fsp3) is 0.409. The Morgan fingerprint density at radius 2 is 1.85 bits per heavy atom. The zero-order chi connectivity index (χ0) is 19.2. The van der Waals surface area contributed by atoms with E-state index >= 15 is 0 Å². The SMILES string of the molecule is CC(CNC(=O)C1CCN(Cc2ccc(Cl)cc2Cl)CC1)c1ccccc1. The van der Waals surface area contributed by atoms with Gasteiger partial charge in [-0.05, 0) is 55.1 Å². The van der Waals surface area contributed by atoms with Crippen molar-refractivity contribution in [3.63, 3.8) is 0 Å². The Labute approximate surface area is 171 Å². The van der Waals surface area contributed by atoms with Gasteiger partial charge in [-0.2, -0.15) is 0 Å². The first-order valence-corrected chi connectivity index (χ1v) is 10.3. The summed E-state index contributed by atoms with van der Waals surface area (Å²) in [6.07, 6.45) is 1.77. The number of hydrogen-bond acceptors (Lipinski definition) is 2. The molecule has 3 rings (SSSR count). The maximum atomic E-state index is 12.5. The van der Waals surface area contributed by atoms with Gasteiger partial charge in [-0.15, -0.1) is 0 Å². The van der Waals surface area contributed by atoms with Gasteiger partial charge in [0.15, 0.2) is 0 Å². The van der Waals surface area contributed by atoms with Gasteiger partial charge in [0.1, 0.15) is 0 Å². The van der Waals surface area contributed by atoms with E-state index in [9.17, 15) is 4.79 Å². The van der Waals surface area contributed by atoms with Crippen molar-refractivity contribution in [1.29, 1.82) is 0 Å². The molecule has 1 heterocycles. The first-order chi connectivity index (χ1) is 13.0. The molecule has 2 aromatic rings. The molecule has 144 valence electrons. The van der Waals surface area contributed by atoms with Gasteiger partial charge in [0.25, 0.3) is 0 Å². The average Bonchev–Trinajstić information content (AvgIpc) is 2.69. The molecule has 1 unspecified atom stereocenters. The summed E-state index contributed by atoms with van der Waals surface area (Å²) in [5.41, 5.74) is 2.34. The Bertz CT molecular complexity index is 758. The van der Waals surface area contributed by atoms with E-state index in [-0.39, 0.29) is 11.8 Å². The van der Waals surface area contributed by atoms with Crippen LogP contribution < -0.4 is 5.32 Å². The van der Waals surface area contributed by atoms with Crippen LogP contribution in [0.15, 0.2) is 48.5 Å². The summed E-state index contributed by atoms with van der Waals surface area (Å²) in [5, 5.41) is 4.50. The number of piperidine rings is 1. The number of rotatable bonds is 6. The number of carbonyl (C=O) groups excluding carboxylic acids is 1. The third kappa shape index (κ3) is 5.71. The highest BCUT2D eigenvalue weighted by molar-refractivity contribution is 6.35. The topological polar surface area (TPSA) is 32.3 Å². The number of nitrogens with zero attached hydrogens (tertiary/aromatic N) is 1. The van der Waals surface area contributed by atoms with Crippen molar-refractivity contribution in [1.82, 2.24) is 10.2 Å². The van der Waals surface area contributed by atoms with Crippen LogP contribution in [0.2, 0.25) is 10.0 Å². The first kappa shape index (κ1) is 20.2. The van der Waals surface area contributed by atoms with E-state index < -0.39 is 0 Å². The molecule has 1 fully saturated rings. The van der Waals surface area contributed by atoms with Gasteiger partial charge in [-0.25, -0.2) is 0 Å². The van der Waals surface area contributed by atoms with Crippen LogP contribution in [0.1, 0.15) is 36.8 Å². The minimum absolute atomic E-state index is 0.102. The van der Waals surface area contributed by atoms with Crippen molar-refractivity contribution in [3.8, 4) is 0 Å². The van der Waals surface area contributed by atoms with Gasteiger partial charge < -0.3 is 5.32 Å². The third-order valence-corrected chi connectivity index (χ3v) is 5.91. The number of nitrogens with one attached hydrogen (secondary N) is 1. The number of benzene rings is 2. The molecule has 1 amide bonds. The molecule has 1 atom stereocenters. The number of likely N-dealkylation sites (tertiary alicyclic amines) is 1. The molecule has 1 saturated heterocycles. The van der Waals surface area contributed by atoms with Gasteiger partial charge in [0.2, 0.25) is 5.91 Å². The number of amides is 1. The molecule has 0 radical (unpaired) electrons. The molecule has 5 heteroatoms. The maximum Gasteiger partial charge on any atom is 0.223 e. The van der Waals surface area contributed by atoms with Gasteiger partial charge in [0.05, 0.1) is 0 Å². The Morgan fingerprint density at radius 1 is 1.15 bits per heavy atom. The van der Waals surface area contributed by atoms with Crippen LogP contribution in [0.3, 0.4) is 0 Å². The van der Waals surface area contributed by atoms with Crippen molar-refractivity contribution in [2.45, 2.75) is 32.2 Å². The lowest BCUT2D eigenvalue weighted by atomic mass is 9.95. The molecule has 1 N–H and O–H groups in total. The molecule has 3 nitrogen and oxygen atoms in total. The zero-order valence-electron chi connectivity index (χ0n) is 15.6. The lowest BCUT2D eigenvalue weighted by Gasteiger charge is -2.31. The molecule has 1 aliphatic heterocycles. The van der Waals surface area contributed by atoms with E-state index in [0.29, 0.717) is 22.5 Å². The van der Waals surface area contributed by atoms with E-state index in [0.717, 1.165) is 38.0 Å². The van der Waals surface area contributed by atoms with Crippen LogP contribution in [0.5, 0.6) is 0 Å². The highest BCUT2D eigenvalue weighted by Gasteiger charge is 2.25. The fourth-order valence-electron chi connectivity index (χ4n) is 3.54. The highest BCUT2D eigenvalue weighted by atomic mass is 35.5. The van der Waals surface area contributed by atoms with Crippen molar-refractivity contribution in [3.05, 3.63) is 69.7 Å². The van der Waals surface area contributed by atoms with Gasteiger partial charge in [-0.3, -0.25) is 9.69 Å². The minimum Gasteiger partial charge on any atom is -0.355 e. The van der Waals surface area contributed by atoms with Crippen molar-refractivity contribution < 1.29 is 4.79 Å². The van der Waals surface area contributed by atoms with E-state index in [1.54, 1.807) is 6.07 Å². The molecular weight excluding hydrogens is 379 g/mol. The second-order valence-corrected chi connectivity index (χ2v) is 8.19. The average molecular weight is 405 g/mol. The van der Waals surface area contributed by atoms with Crippen LogP contribution in [-0.4, -0.2) is 30.4 Å². The first-order valence-electron chi connectivity index (χ1n) is 9.52. The summed E-state index contributed by atoms with van der Waals surface area (Å²) in [4.78, 5) is 14.9. The summed E-state index contributed by atoms with van der Waals surface area (Å²) in [6, 6.07) is 15.9. The number of hydrogen-bond donors (Lipinski definition) is 1. The summed E-state index contributed by atoms with van der Waals surface area (Å²) in [6.45, 7) is 5.45. The maximum absolute atomic E-state index is 12.5. The smallest absolute Gasteiger partial charge is 0.223 e. The molecular formula is C22H26Cl2N2O. The zero-order valence-corrected chi connectivity index (χ0v) is 17.1. The van der Waals surface area contributed by atoms with Crippen LogP contribution >= 0.6 is 23.2 Å². The molecule has 2 aromatic carbocycles. The summed E-state index contributed by atoms with van der Waals surface area (Å²) in [5.74, 6) is 0.606. The highest BCUT2D eigenvalue weighted by Crippen LogP contribution is 2.25. The van der Waals surface area contributed by atoms with Crippen molar-refractivity contribution in [2.75, 3.05) is 19.6 Å². The Balaban J connectivity index is 1.43. The largest absolute Gasteiger partial charge is 0.355 e. The predicted molar refractivity (Wildman–Crippen MR) is 112 cm³/mol. The van der Waals surface area contributed by atoms with Crippen LogP contribution in [0, 0.1) is 5.92 Å². The third-order valence-electron chi connectivity index (χ3n) is 5.32. The van der Waals surface area contributed by atoms with Gasteiger partial charge in [0, 0.05) is 29.1 Å². The Kier molecular flexibility index (Phi) is 7.17. The normalized spacial score (nSPS) is 16.9. The van der Waals surface area contributed by atoms with E-state index in [1.165, 1.54) is 5.56 Å². The van der Waals surface area contributed by atoms with Crippen molar-refractivity contribution >= 4 is 29.1 Å². The second kappa shape index (κ2) is 9.59. The quantitative estimate of drug-likeness (QED) is 0.723. The lowest BCUT2D eigenvalue weighted by Crippen LogP contribution is -2.41. The van der Waals surface area contributed by atoms with Gasteiger partial charge >= 0.3 is 0 Å². The molecule has 1 aliphatic rings. The predicted octanol–water partition coefficient (Wildman–Crippen LogP) is 5.13. The summed E-state index contributed by atoms with van der Waals surface area (Å²) < 4.78 is 0. The van der Waals surface area contributed by atoms with E-state index in [4.69, 9.17) is 23.2 Å². The Morgan fingerprint density at radius 3 is 2.52 bits per heavy atom. The van der Waals surface area contributed by atoms with Crippen LogP contribution in [0.25, 0.3) is 0 Å². The number of halogens is 2. The summed E-state index contributed by atoms with van der Waals surface area (Å²) in [7, 11) is 0. The molecule has 0 aromatic heterocycles.